The van der Waals surface area contributed by atoms with E-state index >= 15 is 0 Å². The highest BCUT2D eigenvalue weighted by molar-refractivity contribution is 6.01. The molecule has 2 aromatic rings. The molecule has 7 nitrogen and oxygen atoms in total. The fourth-order valence-corrected chi connectivity index (χ4v) is 6.93. The van der Waals surface area contributed by atoms with E-state index in [2.05, 4.69) is 21.3 Å². The van der Waals surface area contributed by atoms with Gasteiger partial charge in [0.25, 0.3) is 0 Å². The first kappa shape index (κ1) is 24.3. The summed E-state index contributed by atoms with van der Waals surface area (Å²) >= 11 is 0. The van der Waals surface area contributed by atoms with Crippen molar-refractivity contribution < 1.29 is 14.4 Å². The van der Waals surface area contributed by atoms with Crippen molar-refractivity contribution in [3.05, 3.63) is 54.6 Å². The maximum atomic E-state index is 13.5. The zero-order valence-electron chi connectivity index (χ0n) is 21.1. The molecule has 6 rings (SSSR count). The molecule has 2 aromatic carbocycles. The number of benzene rings is 2. The standard InChI is InChI=1S/C29H36N4O3/c1-18(2)25(33-27(35)29-15-19-11-20(16-29)13-21(12-19)17-29)26(34)30-23-9-6-10-24(14-23)32-28(36)31-22-7-4-3-5-8-22/h3-10,14,18-21,25H,11-13,15-17H2,1-2H3,(H,30,34)(H,33,35)(H2,31,32,36)/t19?,20?,21?,25-,29?/m0/s1. The second kappa shape index (κ2) is 9.96. The van der Waals surface area contributed by atoms with Crippen LogP contribution in [0.25, 0.3) is 0 Å². The molecule has 0 radical (unpaired) electrons. The van der Waals surface area contributed by atoms with Crippen LogP contribution < -0.4 is 21.3 Å². The summed E-state index contributed by atoms with van der Waals surface area (Å²) in [6, 6.07) is 15.2. The molecular weight excluding hydrogens is 452 g/mol. The third-order valence-corrected chi connectivity index (χ3v) is 8.18. The number of urea groups is 1. The van der Waals surface area contributed by atoms with Crippen molar-refractivity contribution in [1.29, 1.82) is 0 Å². The SMILES string of the molecule is CC(C)[C@H](NC(=O)C12CC3CC(CC(C3)C1)C2)C(=O)Nc1cccc(NC(=O)Nc2ccccc2)c1. The van der Waals surface area contributed by atoms with E-state index in [4.69, 9.17) is 0 Å². The van der Waals surface area contributed by atoms with Gasteiger partial charge in [0.1, 0.15) is 6.04 Å². The number of amides is 4. The van der Waals surface area contributed by atoms with Gasteiger partial charge >= 0.3 is 6.03 Å². The summed E-state index contributed by atoms with van der Waals surface area (Å²) in [6.45, 7) is 3.91. The Bertz CT molecular complexity index is 1100. The van der Waals surface area contributed by atoms with Crippen molar-refractivity contribution in [2.45, 2.75) is 58.4 Å². The minimum absolute atomic E-state index is 0.0548. The van der Waals surface area contributed by atoms with Crippen molar-refractivity contribution in [2.24, 2.45) is 29.1 Å². The Kier molecular flexibility index (Phi) is 6.73. The van der Waals surface area contributed by atoms with Gasteiger partial charge in [-0.1, -0.05) is 38.1 Å². The van der Waals surface area contributed by atoms with E-state index in [-0.39, 0.29) is 29.2 Å². The van der Waals surface area contributed by atoms with Gasteiger partial charge in [0.15, 0.2) is 0 Å². The molecule has 190 valence electrons. The third kappa shape index (κ3) is 5.25. The van der Waals surface area contributed by atoms with Gasteiger partial charge in [0, 0.05) is 22.5 Å². The second-order valence-electron chi connectivity index (χ2n) is 11.4. The van der Waals surface area contributed by atoms with Crippen molar-refractivity contribution in [1.82, 2.24) is 5.32 Å². The summed E-state index contributed by atoms with van der Waals surface area (Å²) < 4.78 is 0. The largest absolute Gasteiger partial charge is 0.344 e. The molecule has 4 bridgehead atoms. The summed E-state index contributed by atoms with van der Waals surface area (Å²) in [5, 5.41) is 11.6. The number of carbonyl (C=O) groups excluding carboxylic acids is 3. The smallest absolute Gasteiger partial charge is 0.323 e. The van der Waals surface area contributed by atoms with Gasteiger partial charge in [0.05, 0.1) is 0 Å². The highest BCUT2D eigenvalue weighted by atomic mass is 16.2. The Balaban J connectivity index is 1.21. The van der Waals surface area contributed by atoms with Crippen molar-refractivity contribution >= 4 is 34.9 Å². The highest BCUT2D eigenvalue weighted by Crippen LogP contribution is 2.60. The Morgan fingerprint density at radius 1 is 0.750 bits per heavy atom. The van der Waals surface area contributed by atoms with Crippen LogP contribution in [0.15, 0.2) is 54.6 Å². The van der Waals surface area contributed by atoms with Gasteiger partial charge < -0.3 is 21.3 Å². The van der Waals surface area contributed by atoms with E-state index in [1.807, 2.05) is 32.0 Å². The first-order valence-corrected chi connectivity index (χ1v) is 13.1. The van der Waals surface area contributed by atoms with E-state index in [1.165, 1.54) is 19.3 Å². The number of hydrogen-bond acceptors (Lipinski definition) is 3. The maximum absolute atomic E-state index is 13.5. The lowest BCUT2D eigenvalue weighted by Gasteiger charge is -2.55. The van der Waals surface area contributed by atoms with Gasteiger partial charge in [-0.05, 0) is 92.5 Å². The number of nitrogens with one attached hydrogen (secondary N) is 4. The Labute approximate surface area is 212 Å². The predicted molar refractivity (Wildman–Crippen MR) is 142 cm³/mol. The zero-order valence-corrected chi connectivity index (χ0v) is 21.1. The molecule has 4 aliphatic carbocycles. The molecule has 0 saturated heterocycles. The second-order valence-corrected chi connectivity index (χ2v) is 11.4. The Morgan fingerprint density at radius 2 is 1.28 bits per heavy atom. The molecule has 1 atom stereocenters. The van der Waals surface area contributed by atoms with Gasteiger partial charge in [-0.3, -0.25) is 9.59 Å². The van der Waals surface area contributed by atoms with Gasteiger partial charge in [-0.2, -0.15) is 0 Å². The lowest BCUT2D eigenvalue weighted by Crippen LogP contribution is -2.57. The van der Waals surface area contributed by atoms with Crippen LogP contribution in [-0.2, 0) is 9.59 Å². The monoisotopic (exact) mass is 488 g/mol. The first-order chi connectivity index (χ1) is 17.3. The number of carbonyl (C=O) groups is 3. The quantitative estimate of drug-likeness (QED) is 0.407. The van der Waals surface area contributed by atoms with Crippen LogP contribution in [0.4, 0.5) is 21.9 Å². The molecule has 36 heavy (non-hydrogen) atoms. The molecule has 4 fully saturated rings. The summed E-state index contributed by atoms with van der Waals surface area (Å²) in [5.74, 6) is 1.77. The van der Waals surface area contributed by atoms with Crippen LogP contribution in [0, 0.1) is 29.1 Å². The molecule has 7 heteroatoms. The number of para-hydroxylation sites is 1. The number of anilines is 3. The maximum Gasteiger partial charge on any atom is 0.323 e. The van der Waals surface area contributed by atoms with E-state index < -0.39 is 6.04 Å². The van der Waals surface area contributed by atoms with Gasteiger partial charge in [0.2, 0.25) is 11.8 Å². The van der Waals surface area contributed by atoms with E-state index in [0.717, 1.165) is 19.3 Å². The summed E-state index contributed by atoms with van der Waals surface area (Å²) in [7, 11) is 0. The first-order valence-electron chi connectivity index (χ1n) is 13.1. The van der Waals surface area contributed by atoms with Crippen molar-refractivity contribution in [2.75, 3.05) is 16.0 Å². The molecule has 4 N–H and O–H groups in total. The van der Waals surface area contributed by atoms with Gasteiger partial charge in [-0.15, -0.1) is 0 Å². The molecule has 4 amide bonds. The van der Waals surface area contributed by atoms with E-state index in [0.29, 0.717) is 34.8 Å². The fraction of sp³-hybridized carbons (Fsp3) is 0.483. The molecule has 4 saturated carbocycles. The number of rotatable bonds is 7. The summed E-state index contributed by atoms with van der Waals surface area (Å²) in [4.78, 5) is 39.2. The van der Waals surface area contributed by atoms with Crippen molar-refractivity contribution in [3.8, 4) is 0 Å². The minimum Gasteiger partial charge on any atom is -0.344 e. The van der Waals surface area contributed by atoms with E-state index in [9.17, 15) is 14.4 Å². The lowest BCUT2D eigenvalue weighted by atomic mass is 9.49. The third-order valence-electron chi connectivity index (χ3n) is 8.18. The van der Waals surface area contributed by atoms with Crippen LogP contribution in [0.3, 0.4) is 0 Å². The zero-order chi connectivity index (χ0) is 25.3. The highest BCUT2D eigenvalue weighted by Gasteiger charge is 2.55. The topological polar surface area (TPSA) is 99.3 Å². The summed E-state index contributed by atoms with van der Waals surface area (Å²) in [5.41, 5.74) is 1.51. The molecule has 4 aliphatic rings. The van der Waals surface area contributed by atoms with Gasteiger partial charge in [-0.25, -0.2) is 4.79 Å². The number of hydrogen-bond donors (Lipinski definition) is 4. The van der Waals surface area contributed by atoms with Crippen LogP contribution in [0.1, 0.15) is 52.4 Å². The molecule has 0 aliphatic heterocycles. The average molecular weight is 489 g/mol. The average Bonchev–Trinajstić information content (AvgIpc) is 2.82. The van der Waals surface area contributed by atoms with Crippen LogP contribution in [0.5, 0.6) is 0 Å². The van der Waals surface area contributed by atoms with E-state index in [1.54, 1.807) is 36.4 Å². The molecule has 0 heterocycles. The lowest BCUT2D eigenvalue weighted by molar-refractivity contribution is -0.148. The molecule has 0 spiro atoms. The Hall–Kier alpha value is -3.35. The molecule has 0 aromatic heterocycles. The molecule has 0 unspecified atom stereocenters. The Morgan fingerprint density at radius 3 is 1.86 bits per heavy atom. The minimum atomic E-state index is -0.622. The van der Waals surface area contributed by atoms with Crippen molar-refractivity contribution in [3.63, 3.8) is 0 Å². The normalized spacial score (nSPS) is 26.8. The summed E-state index contributed by atoms with van der Waals surface area (Å²) in [6.07, 6.45) is 6.72. The van der Waals surface area contributed by atoms with Crippen LogP contribution >= 0.6 is 0 Å². The molecular formula is C29H36N4O3. The van der Waals surface area contributed by atoms with Crippen LogP contribution in [0.2, 0.25) is 0 Å². The predicted octanol–water partition coefficient (Wildman–Crippen LogP) is 5.63. The van der Waals surface area contributed by atoms with Crippen LogP contribution in [-0.4, -0.2) is 23.9 Å². The fourth-order valence-electron chi connectivity index (χ4n) is 6.93.